The zero-order chi connectivity index (χ0) is 12.2. The number of hydrogen-bond donors (Lipinski definition) is 1. The number of nitrogens with zero attached hydrogens (tertiary/aromatic N) is 2. The first-order chi connectivity index (χ1) is 8.82. The zero-order valence-electron chi connectivity index (χ0n) is 9.67. The third-order valence-corrected chi connectivity index (χ3v) is 4.73. The molecule has 1 aliphatic heterocycles. The van der Waals surface area contributed by atoms with Gasteiger partial charge in [-0.05, 0) is 17.7 Å². The highest BCUT2D eigenvalue weighted by Crippen LogP contribution is 2.35. The van der Waals surface area contributed by atoms with Crippen molar-refractivity contribution in [3.05, 3.63) is 36.2 Å². The molecule has 1 saturated heterocycles. The lowest BCUT2D eigenvalue weighted by atomic mass is 9.79. The van der Waals surface area contributed by atoms with E-state index in [1.54, 1.807) is 11.3 Å². The monoisotopic (exact) mass is 260 g/mol. The molecule has 3 heterocycles. The van der Waals surface area contributed by atoms with Gasteiger partial charge < -0.3 is 9.84 Å². The van der Waals surface area contributed by atoms with E-state index in [2.05, 4.69) is 27.6 Å². The summed E-state index contributed by atoms with van der Waals surface area (Å²) in [6.45, 7) is 1.36. The molecule has 0 amide bonds. The van der Waals surface area contributed by atoms with Gasteiger partial charge in [0.1, 0.15) is 0 Å². The molecule has 1 N–H and O–H groups in total. The fourth-order valence-corrected chi connectivity index (χ4v) is 3.49. The van der Waals surface area contributed by atoms with Crippen molar-refractivity contribution in [2.45, 2.75) is 5.41 Å². The summed E-state index contributed by atoms with van der Waals surface area (Å²) in [6.07, 6.45) is 3.79. The molecular weight excluding hydrogens is 248 g/mol. The molecule has 4 nitrogen and oxygen atoms in total. The summed E-state index contributed by atoms with van der Waals surface area (Å²) in [5, 5.41) is 9.57. The van der Waals surface area contributed by atoms with Crippen molar-refractivity contribution in [1.29, 1.82) is 0 Å². The molecule has 18 heavy (non-hydrogen) atoms. The van der Waals surface area contributed by atoms with E-state index in [0.29, 0.717) is 13.2 Å². The van der Waals surface area contributed by atoms with Crippen LogP contribution >= 0.6 is 11.3 Å². The van der Waals surface area contributed by atoms with Crippen LogP contribution in [-0.4, -0.2) is 34.3 Å². The van der Waals surface area contributed by atoms with Gasteiger partial charge in [-0.15, -0.1) is 0 Å². The van der Waals surface area contributed by atoms with Gasteiger partial charge in [-0.25, -0.2) is 4.98 Å². The first kappa shape index (κ1) is 10.5. The fraction of sp³-hybridized carbons (Fsp3) is 0.308. The van der Waals surface area contributed by atoms with Crippen LogP contribution in [0.5, 0.6) is 0 Å². The van der Waals surface area contributed by atoms with Gasteiger partial charge in [0.25, 0.3) is 0 Å². The molecule has 1 aromatic carbocycles. The molecule has 92 valence electrons. The number of imidazole rings is 1. The maximum Gasteiger partial charge on any atom is 0.194 e. The van der Waals surface area contributed by atoms with Crippen LogP contribution in [0.25, 0.3) is 15.2 Å². The average Bonchev–Trinajstić information content (AvgIpc) is 2.87. The van der Waals surface area contributed by atoms with E-state index >= 15 is 0 Å². The van der Waals surface area contributed by atoms with Gasteiger partial charge in [0, 0.05) is 12.4 Å². The number of thiazole rings is 1. The van der Waals surface area contributed by atoms with Crippen LogP contribution < -0.4 is 0 Å². The molecule has 5 heteroatoms. The second-order valence-electron chi connectivity index (χ2n) is 4.80. The second-order valence-corrected chi connectivity index (χ2v) is 5.80. The molecular formula is C13H12N2O2S. The van der Waals surface area contributed by atoms with Crippen molar-refractivity contribution in [2.24, 2.45) is 0 Å². The maximum absolute atomic E-state index is 9.57. The lowest BCUT2D eigenvalue weighted by Crippen LogP contribution is -2.49. The van der Waals surface area contributed by atoms with Gasteiger partial charge >= 0.3 is 0 Å². The normalized spacial score (nSPS) is 18.3. The zero-order valence-corrected chi connectivity index (χ0v) is 10.5. The number of aromatic nitrogens is 2. The van der Waals surface area contributed by atoms with Crippen LogP contribution in [0.2, 0.25) is 0 Å². The number of aliphatic hydroxyl groups excluding tert-OH is 1. The summed E-state index contributed by atoms with van der Waals surface area (Å²) >= 11 is 1.67. The number of fused-ring (bicyclic) bond motifs is 3. The Hall–Kier alpha value is -1.43. The molecule has 1 aliphatic rings. The first-order valence-corrected chi connectivity index (χ1v) is 6.69. The molecule has 1 fully saturated rings. The molecule has 2 aromatic heterocycles. The molecule has 0 atom stereocenters. The van der Waals surface area contributed by atoms with Gasteiger partial charge in [-0.3, -0.25) is 4.40 Å². The van der Waals surface area contributed by atoms with Crippen LogP contribution in [0, 0.1) is 0 Å². The SMILES string of the molecule is OCC1(c2ccc3c(c2)sc2nccn23)COC1. The van der Waals surface area contributed by atoms with E-state index in [1.165, 1.54) is 10.2 Å². The summed E-state index contributed by atoms with van der Waals surface area (Å²) in [6, 6.07) is 6.35. The summed E-state index contributed by atoms with van der Waals surface area (Å²) < 4.78 is 8.56. The van der Waals surface area contributed by atoms with E-state index in [1.807, 2.05) is 12.4 Å². The Morgan fingerprint density at radius 2 is 2.33 bits per heavy atom. The Labute approximate surface area is 107 Å². The Morgan fingerprint density at radius 1 is 1.44 bits per heavy atom. The lowest BCUT2D eigenvalue weighted by Gasteiger charge is -2.40. The molecule has 3 aromatic rings. The van der Waals surface area contributed by atoms with E-state index in [-0.39, 0.29) is 12.0 Å². The van der Waals surface area contributed by atoms with Crippen LogP contribution in [0.4, 0.5) is 0 Å². The largest absolute Gasteiger partial charge is 0.395 e. The molecule has 0 spiro atoms. The summed E-state index contributed by atoms with van der Waals surface area (Å²) in [7, 11) is 0. The van der Waals surface area contributed by atoms with Crippen molar-refractivity contribution >= 4 is 26.5 Å². The highest BCUT2D eigenvalue weighted by molar-refractivity contribution is 7.23. The second kappa shape index (κ2) is 3.54. The third-order valence-electron chi connectivity index (χ3n) is 3.70. The molecule has 0 aliphatic carbocycles. The highest BCUT2D eigenvalue weighted by Gasteiger charge is 2.40. The van der Waals surface area contributed by atoms with Gasteiger partial charge in [-0.2, -0.15) is 0 Å². The molecule has 0 bridgehead atoms. The molecule has 4 rings (SSSR count). The van der Waals surface area contributed by atoms with Gasteiger partial charge in [0.15, 0.2) is 4.96 Å². The number of benzene rings is 1. The van der Waals surface area contributed by atoms with Gasteiger partial charge in [-0.1, -0.05) is 17.4 Å². The summed E-state index contributed by atoms with van der Waals surface area (Å²) in [5.41, 5.74) is 2.14. The lowest BCUT2D eigenvalue weighted by molar-refractivity contribution is -0.0840. The van der Waals surface area contributed by atoms with Gasteiger partial charge in [0.05, 0.1) is 35.5 Å². The maximum atomic E-state index is 9.57. The quantitative estimate of drug-likeness (QED) is 0.764. The van der Waals surface area contributed by atoms with E-state index in [0.717, 1.165) is 10.5 Å². The van der Waals surface area contributed by atoms with Crippen molar-refractivity contribution in [1.82, 2.24) is 9.38 Å². The predicted octanol–water partition coefficient (Wildman–Crippen LogP) is 1.81. The van der Waals surface area contributed by atoms with E-state index in [4.69, 9.17) is 4.74 Å². The molecule has 0 unspecified atom stereocenters. The minimum absolute atomic E-state index is 0.140. The van der Waals surface area contributed by atoms with E-state index in [9.17, 15) is 5.11 Å². The average molecular weight is 260 g/mol. The Kier molecular flexibility index (Phi) is 2.06. The molecule has 0 radical (unpaired) electrons. The minimum Gasteiger partial charge on any atom is -0.395 e. The highest BCUT2D eigenvalue weighted by atomic mass is 32.1. The van der Waals surface area contributed by atoms with Crippen LogP contribution in [0.3, 0.4) is 0 Å². The van der Waals surface area contributed by atoms with E-state index < -0.39 is 0 Å². The predicted molar refractivity (Wildman–Crippen MR) is 70.2 cm³/mol. The van der Waals surface area contributed by atoms with Crippen LogP contribution in [0.1, 0.15) is 5.56 Å². The number of ether oxygens (including phenoxy) is 1. The van der Waals surface area contributed by atoms with Crippen LogP contribution in [-0.2, 0) is 10.2 Å². The van der Waals surface area contributed by atoms with Crippen molar-refractivity contribution in [3.63, 3.8) is 0 Å². The van der Waals surface area contributed by atoms with Crippen LogP contribution in [0.15, 0.2) is 30.6 Å². The first-order valence-electron chi connectivity index (χ1n) is 5.87. The fourth-order valence-electron chi connectivity index (χ4n) is 2.47. The number of aliphatic hydroxyl groups is 1. The Balaban J connectivity index is 1.93. The summed E-state index contributed by atoms with van der Waals surface area (Å²) in [4.78, 5) is 5.31. The van der Waals surface area contributed by atoms with Crippen molar-refractivity contribution < 1.29 is 9.84 Å². The standard InChI is InChI=1S/C13H12N2O2S/c16-6-13(7-17-8-13)9-1-2-10-11(5-9)18-12-14-3-4-15(10)12/h1-5,16H,6-8H2. The third kappa shape index (κ3) is 1.24. The van der Waals surface area contributed by atoms with Gasteiger partial charge in [0.2, 0.25) is 0 Å². The topological polar surface area (TPSA) is 46.8 Å². The minimum atomic E-state index is -0.194. The smallest absolute Gasteiger partial charge is 0.194 e. The number of hydrogen-bond acceptors (Lipinski definition) is 4. The summed E-state index contributed by atoms with van der Waals surface area (Å²) in [5.74, 6) is 0. The van der Waals surface area contributed by atoms with Crippen molar-refractivity contribution in [3.8, 4) is 0 Å². The molecule has 0 saturated carbocycles. The van der Waals surface area contributed by atoms with Crippen molar-refractivity contribution in [2.75, 3.05) is 19.8 Å². The Bertz CT molecular complexity index is 721. The Morgan fingerprint density at radius 3 is 3.06 bits per heavy atom. The number of rotatable bonds is 2.